The lowest BCUT2D eigenvalue weighted by Crippen LogP contribution is -2.29. The van der Waals surface area contributed by atoms with Gasteiger partial charge < -0.3 is 20.0 Å². The average Bonchev–Trinajstić information content (AvgIpc) is 3.23. The van der Waals surface area contributed by atoms with Crippen molar-refractivity contribution in [2.24, 2.45) is 13.0 Å². The Morgan fingerprint density at radius 2 is 1.77 bits per heavy atom. The zero-order valence-corrected chi connectivity index (χ0v) is 20.4. The number of aromatic nitrogens is 2. The Labute approximate surface area is 205 Å². The number of hydrogen-bond acceptors (Lipinski definition) is 3. The van der Waals surface area contributed by atoms with Crippen molar-refractivity contribution < 1.29 is 9.90 Å². The summed E-state index contributed by atoms with van der Waals surface area (Å²) in [5, 5.41) is 16.3. The van der Waals surface area contributed by atoms with Crippen molar-refractivity contribution in [2.75, 3.05) is 6.54 Å². The molecule has 6 heteroatoms. The van der Waals surface area contributed by atoms with Crippen LogP contribution in [-0.4, -0.2) is 27.1 Å². The van der Waals surface area contributed by atoms with Crippen molar-refractivity contribution in [3.8, 4) is 5.75 Å². The van der Waals surface area contributed by atoms with Gasteiger partial charge >= 0.3 is 0 Å². The van der Waals surface area contributed by atoms with E-state index in [-0.39, 0.29) is 29.1 Å². The third-order valence-electron chi connectivity index (χ3n) is 7.65. The summed E-state index contributed by atoms with van der Waals surface area (Å²) >= 11 is 0. The first-order valence-corrected chi connectivity index (χ1v) is 12.6. The van der Waals surface area contributed by atoms with Gasteiger partial charge in [-0.2, -0.15) is 0 Å². The van der Waals surface area contributed by atoms with Crippen molar-refractivity contribution >= 4 is 27.7 Å². The van der Waals surface area contributed by atoms with Gasteiger partial charge in [0, 0.05) is 48.4 Å². The zero-order valence-electron chi connectivity index (χ0n) is 20.4. The van der Waals surface area contributed by atoms with Crippen molar-refractivity contribution in [3.05, 3.63) is 75.7 Å². The Balaban J connectivity index is 1.76. The highest BCUT2D eigenvalue weighted by Gasteiger charge is 2.35. The van der Waals surface area contributed by atoms with E-state index in [9.17, 15) is 14.7 Å². The number of rotatable bonds is 6. The average molecular weight is 472 g/mol. The summed E-state index contributed by atoms with van der Waals surface area (Å²) in [7, 11) is 1.79. The van der Waals surface area contributed by atoms with E-state index in [0.29, 0.717) is 23.9 Å². The number of nitrogens with zero attached hydrogens (tertiary/aromatic N) is 1. The fraction of sp³-hybridized carbons (Fsp3) is 0.379. The number of benzene rings is 2. The predicted octanol–water partition coefficient (Wildman–Crippen LogP) is 5.12. The second-order valence-electron chi connectivity index (χ2n) is 9.82. The van der Waals surface area contributed by atoms with Crippen LogP contribution < -0.4 is 10.9 Å². The normalized spacial score (nSPS) is 15.5. The van der Waals surface area contributed by atoms with Crippen LogP contribution in [0, 0.1) is 5.92 Å². The molecule has 5 rings (SSSR count). The maximum atomic E-state index is 13.8. The van der Waals surface area contributed by atoms with Gasteiger partial charge in [-0.15, -0.1) is 0 Å². The Kier molecular flexibility index (Phi) is 6.37. The van der Waals surface area contributed by atoms with Crippen LogP contribution in [0.1, 0.15) is 61.8 Å². The molecular weight excluding hydrogens is 438 g/mol. The largest absolute Gasteiger partial charge is 0.507 e. The van der Waals surface area contributed by atoms with E-state index >= 15 is 0 Å². The molecule has 1 unspecified atom stereocenters. The lowest BCUT2D eigenvalue weighted by Gasteiger charge is -2.31. The van der Waals surface area contributed by atoms with E-state index in [2.05, 4.69) is 22.4 Å². The molecule has 0 aliphatic heterocycles. The number of carbonyl (C=O) groups excluding carboxylic acids is 1. The first-order valence-electron chi connectivity index (χ1n) is 12.6. The molecule has 2 aromatic carbocycles. The number of aryl methyl sites for hydroxylation is 1. The van der Waals surface area contributed by atoms with Crippen LogP contribution in [0.2, 0.25) is 0 Å². The number of nitrogens with one attached hydrogen (secondary N) is 2. The Hall–Kier alpha value is -3.54. The van der Waals surface area contributed by atoms with E-state index in [1.54, 1.807) is 11.6 Å². The summed E-state index contributed by atoms with van der Waals surface area (Å²) in [6.07, 6.45) is 6.12. The number of carbonyl (C=O) groups is 1. The minimum absolute atomic E-state index is 0.0590. The fourth-order valence-electron chi connectivity index (χ4n) is 5.99. The Bertz CT molecular complexity index is 1440. The van der Waals surface area contributed by atoms with Gasteiger partial charge in [-0.1, -0.05) is 49.6 Å². The highest BCUT2D eigenvalue weighted by molar-refractivity contribution is 5.88. The van der Waals surface area contributed by atoms with E-state index in [0.717, 1.165) is 53.4 Å². The minimum Gasteiger partial charge on any atom is -0.507 e. The van der Waals surface area contributed by atoms with Crippen molar-refractivity contribution in [1.29, 1.82) is 0 Å². The van der Waals surface area contributed by atoms with Crippen molar-refractivity contribution in [2.45, 2.75) is 51.4 Å². The molecule has 1 aliphatic rings. The molecule has 0 saturated heterocycles. The molecule has 0 radical (unpaired) electrons. The molecule has 1 saturated carbocycles. The molecule has 0 spiro atoms. The lowest BCUT2D eigenvalue weighted by atomic mass is 9.74. The molecule has 1 fully saturated rings. The Morgan fingerprint density at radius 1 is 1.09 bits per heavy atom. The summed E-state index contributed by atoms with van der Waals surface area (Å²) in [4.78, 5) is 29.0. The predicted molar refractivity (Wildman–Crippen MR) is 140 cm³/mol. The number of pyridine rings is 1. The van der Waals surface area contributed by atoms with Gasteiger partial charge in [0.1, 0.15) is 5.75 Å². The third kappa shape index (κ3) is 4.22. The van der Waals surface area contributed by atoms with Crippen LogP contribution in [0.5, 0.6) is 5.75 Å². The van der Waals surface area contributed by atoms with Crippen LogP contribution in [0.15, 0.2) is 53.3 Å². The Morgan fingerprint density at radius 3 is 2.51 bits per heavy atom. The molecule has 0 bridgehead atoms. The molecular formula is C29H33N3O3. The standard InChI is InChI=1S/C29H33N3O3/c1-18(33)30-17-16-21-20-12-6-8-14-23(20)31-27(21)25(19-10-4-3-5-11-19)26-28(34)22-13-7-9-15-24(22)32(2)29(26)35/h6-9,12-15,19,25,31,34H,3-5,10-11,16-17H2,1-2H3,(H,30,33). The second kappa shape index (κ2) is 9.61. The summed E-state index contributed by atoms with van der Waals surface area (Å²) in [6.45, 7) is 2.04. The van der Waals surface area contributed by atoms with E-state index in [1.165, 1.54) is 13.3 Å². The molecule has 3 N–H and O–H groups in total. The number of H-pyrrole nitrogens is 1. The van der Waals surface area contributed by atoms with Crippen LogP contribution >= 0.6 is 0 Å². The third-order valence-corrected chi connectivity index (χ3v) is 7.65. The quantitative estimate of drug-likeness (QED) is 0.365. The lowest BCUT2D eigenvalue weighted by molar-refractivity contribution is -0.118. The summed E-state index contributed by atoms with van der Waals surface area (Å²) < 4.78 is 1.67. The second-order valence-corrected chi connectivity index (χ2v) is 9.82. The minimum atomic E-state index is -0.252. The van der Waals surface area contributed by atoms with Crippen LogP contribution in [0.3, 0.4) is 0 Å². The number of hydrogen-bond donors (Lipinski definition) is 3. The van der Waals surface area contributed by atoms with Gasteiger partial charge in [-0.25, -0.2) is 0 Å². The SMILES string of the molecule is CC(=O)NCCc1c(C(c2c(O)c3ccccc3n(C)c2=O)C2CCCCC2)[nH]c2ccccc12. The van der Waals surface area contributed by atoms with E-state index in [1.807, 2.05) is 36.4 Å². The molecule has 4 aromatic rings. The molecule has 1 amide bonds. The highest BCUT2D eigenvalue weighted by Crippen LogP contribution is 2.45. The molecule has 1 atom stereocenters. The number of fused-ring (bicyclic) bond motifs is 2. The van der Waals surface area contributed by atoms with Crippen LogP contribution in [0.4, 0.5) is 0 Å². The van der Waals surface area contributed by atoms with Crippen LogP contribution in [0.25, 0.3) is 21.8 Å². The van der Waals surface area contributed by atoms with Gasteiger partial charge in [0.15, 0.2) is 0 Å². The smallest absolute Gasteiger partial charge is 0.258 e. The first-order chi connectivity index (χ1) is 17.0. The number of aromatic hydroxyl groups is 1. The highest BCUT2D eigenvalue weighted by atomic mass is 16.3. The summed E-state index contributed by atoms with van der Waals surface area (Å²) in [5.74, 6) is 0.0245. The van der Waals surface area contributed by atoms with Gasteiger partial charge in [-0.05, 0) is 48.9 Å². The van der Waals surface area contributed by atoms with Gasteiger partial charge in [-0.3, -0.25) is 9.59 Å². The summed E-state index contributed by atoms with van der Waals surface area (Å²) in [6, 6.07) is 15.7. The molecule has 1 aliphatic carbocycles. The molecule has 2 heterocycles. The van der Waals surface area contributed by atoms with Crippen molar-refractivity contribution in [3.63, 3.8) is 0 Å². The number of aromatic amines is 1. The monoisotopic (exact) mass is 471 g/mol. The van der Waals surface area contributed by atoms with E-state index in [4.69, 9.17) is 0 Å². The zero-order chi connectivity index (χ0) is 24.5. The fourth-order valence-corrected chi connectivity index (χ4v) is 5.99. The van der Waals surface area contributed by atoms with Gasteiger partial charge in [0.2, 0.25) is 5.91 Å². The molecule has 182 valence electrons. The van der Waals surface area contributed by atoms with Gasteiger partial charge in [0.25, 0.3) is 5.56 Å². The summed E-state index contributed by atoms with van der Waals surface area (Å²) in [5.41, 5.74) is 4.17. The molecule has 6 nitrogen and oxygen atoms in total. The maximum absolute atomic E-state index is 13.8. The van der Waals surface area contributed by atoms with E-state index < -0.39 is 0 Å². The molecule has 2 aromatic heterocycles. The van der Waals surface area contributed by atoms with Crippen LogP contribution in [-0.2, 0) is 18.3 Å². The number of amides is 1. The topological polar surface area (TPSA) is 87.1 Å². The number of para-hydroxylation sites is 2. The first kappa shape index (κ1) is 23.2. The van der Waals surface area contributed by atoms with Crippen molar-refractivity contribution in [1.82, 2.24) is 14.9 Å². The maximum Gasteiger partial charge on any atom is 0.258 e. The van der Waals surface area contributed by atoms with Gasteiger partial charge in [0.05, 0.1) is 11.1 Å². The molecule has 35 heavy (non-hydrogen) atoms.